The van der Waals surface area contributed by atoms with Gasteiger partial charge >= 0.3 is 5.97 Å². The number of furan rings is 1. The normalized spacial score (nSPS) is 10.6. The van der Waals surface area contributed by atoms with E-state index < -0.39 is 5.97 Å². The Balaban J connectivity index is 1.65. The fourth-order valence-corrected chi connectivity index (χ4v) is 1.94. The molecule has 0 bridgehead atoms. The Bertz CT molecular complexity index is 799. The average molecular weight is 339 g/mol. The van der Waals surface area contributed by atoms with Crippen LogP contribution in [0, 0.1) is 0 Å². The standard InChI is InChI=1S/C14H8Cl2N2O4/c15-9-4-3-8(6-10(9)16)14(19)21-7-12-17-18-13(22-12)11-2-1-5-20-11/h1-6H,7H2. The zero-order chi connectivity index (χ0) is 15.5. The van der Waals surface area contributed by atoms with E-state index in [9.17, 15) is 4.79 Å². The molecule has 3 aromatic rings. The molecule has 0 unspecified atom stereocenters. The van der Waals surface area contributed by atoms with Gasteiger partial charge in [-0.1, -0.05) is 23.2 Å². The number of aromatic nitrogens is 2. The number of benzene rings is 1. The van der Waals surface area contributed by atoms with E-state index in [0.717, 1.165) is 0 Å². The second-order valence-electron chi connectivity index (χ2n) is 4.18. The van der Waals surface area contributed by atoms with Crippen LogP contribution in [0.15, 0.2) is 45.4 Å². The van der Waals surface area contributed by atoms with Crippen molar-refractivity contribution in [2.24, 2.45) is 0 Å². The number of carbonyl (C=O) groups excluding carboxylic acids is 1. The van der Waals surface area contributed by atoms with Crippen LogP contribution in [0.4, 0.5) is 0 Å². The Morgan fingerprint density at radius 2 is 2.05 bits per heavy atom. The van der Waals surface area contributed by atoms with Crippen molar-refractivity contribution in [1.82, 2.24) is 10.2 Å². The maximum atomic E-state index is 11.9. The van der Waals surface area contributed by atoms with Gasteiger partial charge in [-0.05, 0) is 30.3 Å². The summed E-state index contributed by atoms with van der Waals surface area (Å²) in [5.74, 6) is 0.233. The Labute approximate surface area is 134 Å². The van der Waals surface area contributed by atoms with Gasteiger partial charge in [0.2, 0.25) is 0 Å². The van der Waals surface area contributed by atoms with E-state index >= 15 is 0 Å². The molecule has 0 aliphatic heterocycles. The van der Waals surface area contributed by atoms with E-state index in [1.54, 1.807) is 12.1 Å². The molecule has 2 heterocycles. The summed E-state index contributed by atoms with van der Waals surface area (Å²) < 4.78 is 15.5. The van der Waals surface area contributed by atoms with Crippen molar-refractivity contribution < 1.29 is 18.4 Å². The predicted molar refractivity (Wildman–Crippen MR) is 77.6 cm³/mol. The monoisotopic (exact) mass is 338 g/mol. The van der Waals surface area contributed by atoms with Crippen molar-refractivity contribution in [3.8, 4) is 11.7 Å². The van der Waals surface area contributed by atoms with Crippen LogP contribution in [0.1, 0.15) is 16.2 Å². The highest BCUT2D eigenvalue weighted by Crippen LogP contribution is 2.23. The number of ether oxygens (including phenoxy) is 1. The zero-order valence-electron chi connectivity index (χ0n) is 11.0. The van der Waals surface area contributed by atoms with Crippen LogP contribution in [-0.2, 0) is 11.3 Å². The molecule has 22 heavy (non-hydrogen) atoms. The molecule has 0 amide bonds. The average Bonchev–Trinajstić information content (AvgIpc) is 3.18. The van der Waals surface area contributed by atoms with Crippen LogP contribution in [0.2, 0.25) is 10.0 Å². The number of rotatable bonds is 4. The third-order valence-corrected chi connectivity index (χ3v) is 3.42. The first-order valence-electron chi connectivity index (χ1n) is 6.12. The Morgan fingerprint density at radius 1 is 1.18 bits per heavy atom. The van der Waals surface area contributed by atoms with E-state index in [4.69, 9.17) is 36.8 Å². The van der Waals surface area contributed by atoms with Crippen molar-refractivity contribution in [3.05, 3.63) is 58.1 Å². The minimum Gasteiger partial charge on any atom is -0.459 e. The molecule has 0 saturated carbocycles. The Hall–Kier alpha value is -2.31. The number of hydrogen-bond acceptors (Lipinski definition) is 6. The lowest BCUT2D eigenvalue weighted by atomic mass is 10.2. The minimum atomic E-state index is -0.573. The molecule has 0 spiro atoms. The number of halogens is 2. The van der Waals surface area contributed by atoms with E-state index in [1.165, 1.54) is 24.5 Å². The van der Waals surface area contributed by atoms with Gasteiger partial charge < -0.3 is 13.6 Å². The molecule has 0 aliphatic carbocycles. The fourth-order valence-electron chi connectivity index (χ4n) is 1.65. The maximum Gasteiger partial charge on any atom is 0.338 e. The Kier molecular flexibility index (Phi) is 4.13. The molecule has 0 saturated heterocycles. The fraction of sp³-hybridized carbons (Fsp3) is 0.0714. The molecular formula is C14H8Cl2N2O4. The zero-order valence-corrected chi connectivity index (χ0v) is 12.5. The molecule has 0 fully saturated rings. The predicted octanol–water partition coefficient (Wildman–Crippen LogP) is 3.99. The summed E-state index contributed by atoms with van der Waals surface area (Å²) in [6, 6.07) is 7.83. The van der Waals surface area contributed by atoms with Gasteiger partial charge in [0.05, 0.1) is 21.9 Å². The van der Waals surface area contributed by atoms with Crippen LogP contribution in [0.3, 0.4) is 0 Å². The summed E-state index contributed by atoms with van der Waals surface area (Å²) in [5, 5.41) is 8.19. The summed E-state index contributed by atoms with van der Waals surface area (Å²) in [6.07, 6.45) is 1.49. The molecule has 112 valence electrons. The van der Waals surface area contributed by atoms with Gasteiger partial charge in [0.25, 0.3) is 11.8 Å². The first kappa shape index (κ1) is 14.6. The number of nitrogens with zero attached hydrogens (tertiary/aromatic N) is 2. The molecule has 1 aromatic carbocycles. The van der Waals surface area contributed by atoms with Gasteiger partial charge in [0, 0.05) is 0 Å². The summed E-state index contributed by atoms with van der Waals surface area (Å²) in [5.41, 5.74) is 0.278. The topological polar surface area (TPSA) is 78.4 Å². The largest absolute Gasteiger partial charge is 0.459 e. The summed E-state index contributed by atoms with van der Waals surface area (Å²) in [6.45, 7) is -0.160. The molecule has 3 rings (SSSR count). The quantitative estimate of drug-likeness (QED) is 0.669. The maximum absolute atomic E-state index is 11.9. The van der Waals surface area contributed by atoms with Crippen LogP contribution < -0.4 is 0 Å². The highest BCUT2D eigenvalue weighted by molar-refractivity contribution is 6.42. The number of esters is 1. The van der Waals surface area contributed by atoms with Gasteiger partial charge in [-0.15, -0.1) is 10.2 Å². The van der Waals surface area contributed by atoms with Crippen molar-refractivity contribution in [3.63, 3.8) is 0 Å². The first-order valence-corrected chi connectivity index (χ1v) is 6.87. The second-order valence-corrected chi connectivity index (χ2v) is 5.00. The van der Waals surface area contributed by atoms with E-state index in [-0.39, 0.29) is 29.0 Å². The van der Waals surface area contributed by atoms with Crippen LogP contribution >= 0.6 is 23.2 Å². The third kappa shape index (κ3) is 3.13. The Morgan fingerprint density at radius 3 is 2.77 bits per heavy atom. The highest BCUT2D eigenvalue weighted by Gasteiger charge is 2.14. The van der Waals surface area contributed by atoms with Gasteiger partial charge in [0.15, 0.2) is 12.4 Å². The SMILES string of the molecule is O=C(OCc1nnc(-c2ccco2)o1)c1ccc(Cl)c(Cl)c1. The van der Waals surface area contributed by atoms with Crippen molar-refractivity contribution in [1.29, 1.82) is 0 Å². The molecule has 2 aromatic heterocycles. The minimum absolute atomic E-state index is 0.153. The van der Waals surface area contributed by atoms with Crippen LogP contribution in [-0.4, -0.2) is 16.2 Å². The third-order valence-electron chi connectivity index (χ3n) is 2.68. The van der Waals surface area contributed by atoms with Gasteiger partial charge in [-0.2, -0.15) is 0 Å². The molecule has 6 nitrogen and oxygen atoms in total. The lowest BCUT2D eigenvalue weighted by Gasteiger charge is -2.03. The molecule has 8 heteroatoms. The van der Waals surface area contributed by atoms with E-state index in [2.05, 4.69) is 10.2 Å². The van der Waals surface area contributed by atoms with E-state index in [1.807, 2.05) is 0 Å². The summed E-state index contributed by atoms with van der Waals surface area (Å²) in [7, 11) is 0. The van der Waals surface area contributed by atoms with Crippen molar-refractivity contribution in [2.75, 3.05) is 0 Å². The number of hydrogen-bond donors (Lipinski definition) is 0. The molecule has 0 N–H and O–H groups in total. The van der Waals surface area contributed by atoms with Crippen molar-refractivity contribution >= 4 is 29.2 Å². The molecular weight excluding hydrogens is 331 g/mol. The van der Waals surface area contributed by atoms with E-state index in [0.29, 0.717) is 10.8 Å². The molecule has 0 aliphatic rings. The lowest BCUT2D eigenvalue weighted by Crippen LogP contribution is -2.05. The molecule has 0 radical (unpaired) electrons. The summed E-state index contributed by atoms with van der Waals surface area (Å²) >= 11 is 11.6. The van der Waals surface area contributed by atoms with Crippen LogP contribution in [0.25, 0.3) is 11.7 Å². The lowest BCUT2D eigenvalue weighted by molar-refractivity contribution is 0.0438. The van der Waals surface area contributed by atoms with Gasteiger partial charge in [-0.25, -0.2) is 4.79 Å². The second kappa shape index (κ2) is 6.21. The van der Waals surface area contributed by atoms with Gasteiger partial charge in [0.1, 0.15) is 0 Å². The summed E-state index contributed by atoms with van der Waals surface area (Å²) in [4.78, 5) is 11.9. The van der Waals surface area contributed by atoms with Gasteiger partial charge in [-0.3, -0.25) is 0 Å². The number of carbonyl (C=O) groups is 1. The molecule has 0 atom stereocenters. The van der Waals surface area contributed by atoms with Crippen LogP contribution in [0.5, 0.6) is 0 Å². The highest BCUT2D eigenvalue weighted by atomic mass is 35.5. The first-order chi connectivity index (χ1) is 10.6. The van der Waals surface area contributed by atoms with Crippen molar-refractivity contribution in [2.45, 2.75) is 6.61 Å². The smallest absolute Gasteiger partial charge is 0.338 e.